The molecular weight excluding hydrogens is 285 g/mol. The Morgan fingerprint density at radius 1 is 1.32 bits per heavy atom. The Labute approximate surface area is 106 Å². The van der Waals surface area contributed by atoms with Crippen LogP contribution >= 0.6 is 0 Å². The van der Waals surface area contributed by atoms with Crippen molar-refractivity contribution in [1.82, 2.24) is 4.72 Å². The Morgan fingerprint density at radius 3 is 2.53 bits per heavy atom. The van der Waals surface area contributed by atoms with Crippen LogP contribution in [0.3, 0.4) is 0 Å². The first-order valence-corrected chi connectivity index (χ1v) is 6.44. The van der Waals surface area contributed by atoms with Gasteiger partial charge in [0.05, 0.1) is 10.5 Å². The van der Waals surface area contributed by atoms with E-state index in [0.29, 0.717) is 6.07 Å². The first-order chi connectivity index (χ1) is 8.79. The van der Waals surface area contributed by atoms with Gasteiger partial charge < -0.3 is 0 Å². The van der Waals surface area contributed by atoms with Gasteiger partial charge in [0.2, 0.25) is 10.0 Å². The van der Waals surface area contributed by atoms with Gasteiger partial charge in [-0.2, -0.15) is 13.2 Å². The second-order valence-electron chi connectivity index (χ2n) is 3.35. The lowest BCUT2D eigenvalue weighted by molar-refractivity contribution is -0.139. The number of azide groups is 1. The van der Waals surface area contributed by atoms with Crippen molar-refractivity contribution in [1.29, 1.82) is 0 Å². The van der Waals surface area contributed by atoms with Crippen LogP contribution in [0.15, 0.2) is 34.3 Å². The van der Waals surface area contributed by atoms with Crippen LogP contribution in [0.1, 0.15) is 5.56 Å². The standard InChI is InChI=1S/C9H9F3N4O2S/c10-9(11,12)7-3-1-2-4-8(7)19(17,18)15-6-5-14-16-13/h1-4,15H,5-6H2. The number of nitrogens with zero attached hydrogens (tertiary/aromatic N) is 3. The molecule has 0 spiro atoms. The van der Waals surface area contributed by atoms with Crippen LogP contribution in [-0.2, 0) is 16.2 Å². The van der Waals surface area contributed by atoms with Crippen LogP contribution in [0.4, 0.5) is 13.2 Å². The van der Waals surface area contributed by atoms with E-state index in [0.717, 1.165) is 12.1 Å². The van der Waals surface area contributed by atoms with Gasteiger partial charge in [-0.15, -0.1) is 0 Å². The second-order valence-corrected chi connectivity index (χ2v) is 5.08. The van der Waals surface area contributed by atoms with E-state index < -0.39 is 26.7 Å². The molecule has 0 amide bonds. The molecule has 1 aromatic rings. The minimum atomic E-state index is -4.77. The van der Waals surface area contributed by atoms with Gasteiger partial charge in [-0.05, 0) is 17.7 Å². The van der Waals surface area contributed by atoms with E-state index in [4.69, 9.17) is 5.53 Å². The number of halogens is 3. The van der Waals surface area contributed by atoms with Gasteiger partial charge in [0.15, 0.2) is 0 Å². The SMILES string of the molecule is [N-]=[N+]=NCCNS(=O)(=O)c1ccccc1C(F)(F)F. The molecule has 0 saturated carbocycles. The van der Waals surface area contributed by atoms with Crippen LogP contribution in [0, 0.1) is 0 Å². The maximum Gasteiger partial charge on any atom is 0.417 e. The molecule has 0 aromatic heterocycles. The number of rotatable bonds is 5. The molecule has 1 aromatic carbocycles. The highest BCUT2D eigenvalue weighted by Crippen LogP contribution is 2.33. The summed E-state index contributed by atoms with van der Waals surface area (Å²) >= 11 is 0. The predicted octanol–water partition coefficient (Wildman–Crippen LogP) is 2.29. The van der Waals surface area contributed by atoms with E-state index in [2.05, 4.69) is 10.0 Å². The Kier molecular flexibility index (Phi) is 4.76. The average Bonchev–Trinajstić information content (AvgIpc) is 2.34. The van der Waals surface area contributed by atoms with Crippen LogP contribution in [0.25, 0.3) is 10.4 Å². The lowest BCUT2D eigenvalue weighted by Crippen LogP contribution is -2.28. The molecule has 0 atom stereocenters. The summed E-state index contributed by atoms with van der Waals surface area (Å²) in [6, 6.07) is 3.83. The first kappa shape index (κ1) is 15.3. The van der Waals surface area contributed by atoms with E-state index in [-0.39, 0.29) is 13.1 Å². The van der Waals surface area contributed by atoms with E-state index in [9.17, 15) is 21.6 Å². The summed E-state index contributed by atoms with van der Waals surface area (Å²) in [5.74, 6) is 0. The van der Waals surface area contributed by atoms with Crippen molar-refractivity contribution in [3.05, 3.63) is 40.3 Å². The zero-order valence-corrected chi connectivity index (χ0v) is 10.2. The largest absolute Gasteiger partial charge is 0.417 e. The third-order valence-electron chi connectivity index (χ3n) is 2.05. The summed E-state index contributed by atoms with van der Waals surface area (Å²) < 4.78 is 63.4. The highest BCUT2D eigenvalue weighted by atomic mass is 32.2. The predicted molar refractivity (Wildman–Crippen MR) is 60.6 cm³/mol. The zero-order valence-electron chi connectivity index (χ0n) is 9.42. The molecule has 0 radical (unpaired) electrons. The summed E-state index contributed by atoms with van der Waals surface area (Å²) in [5.41, 5.74) is 6.75. The highest BCUT2D eigenvalue weighted by molar-refractivity contribution is 7.89. The van der Waals surface area contributed by atoms with E-state index >= 15 is 0 Å². The molecule has 0 bridgehead atoms. The fourth-order valence-corrected chi connectivity index (χ4v) is 2.53. The topological polar surface area (TPSA) is 94.9 Å². The Bertz CT molecular complexity index is 594. The Balaban J connectivity index is 3.05. The van der Waals surface area contributed by atoms with Crippen LogP contribution < -0.4 is 4.72 Å². The zero-order chi connectivity index (χ0) is 14.5. The van der Waals surface area contributed by atoms with E-state index in [1.165, 1.54) is 6.07 Å². The maximum atomic E-state index is 12.7. The van der Waals surface area contributed by atoms with E-state index in [1.807, 2.05) is 4.72 Å². The number of alkyl halides is 3. The summed E-state index contributed by atoms with van der Waals surface area (Å²) in [5, 5.41) is 3.07. The lowest BCUT2D eigenvalue weighted by atomic mass is 10.2. The minimum Gasteiger partial charge on any atom is -0.211 e. The monoisotopic (exact) mass is 294 g/mol. The summed E-state index contributed by atoms with van der Waals surface area (Å²) in [6.45, 7) is -0.470. The Morgan fingerprint density at radius 2 is 1.95 bits per heavy atom. The molecule has 0 saturated heterocycles. The fraction of sp³-hybridized carbons (Fsp3) is 0.333. The van der Waals surface area contributed by atoms with Crippen LogP contribution in [-0.4, -0.2) is 21.5 Å². The molecule has 6 nitrogen and oxygen atoms in total. The number of hydrogen-bond donors (Lipinski definition) is 1. The molecule has 1 rings (SSSR count). The van der Waals surface area contributed by atoms with Crippen molar-refractivity contribution >= 4 is 10.0 Å². The van der Waals surface area contributed by atoms with Crippen molar-refractivity contribution in [3.8, 4) is 0 Å². The molecule has 1 N–H and O–H groups in total. The van der Waals surface area contributed by atoms with Crippen molar-refractivity contribution in [2.24, 2.45) is 5.11 Å². The lowest BCUT2D eigenvalue weighted by Gasteiger charge is -2.13. The molecular formula is C9H9F3N4O2S. The number of nitrogens with one attached hydrogen (secondary N) is 1. The highest BCUT2D eigenvalue weighted by Gasteiger charge is 2.36. The number of hydrogen-bond acceptors (Lipinski definition) is 3. The minimum absolute atomic E-state index is 0.191. The Hall–Kier alpha value is -1.77. The van der Waals surface area contributed by atoms with Gasteiger partial charge in [-0.1, -0.05) is 17.2 Å². The summed E-state index contributed by atoms with van der Waals surface area (Å²) in [6.07, 6.45) is -4.77. The van der Waals surface area contributed by atoms with Gasteiger partial charge >= 0.3 is 6.18 Å². The smallest absolute Gasteiger partial charge is 0.211 e. The van der Waals surface area contributed by atoms with Gasteiger partial charge in [0, 0.05) is 18.0 Å². The maximum absolute atomic E-state index is 12.7. The van der Waals surface area contributed by atoms with Crippen LogP contribution in [0.5, 0.6) is 0 Å². The van der Waals surface area contributed by atoms with Crippen molar-refractivity contribution in [2.75, 3.05) is 13.1 Å². The number of benzene rings is 1. The van der Waals surface area contributed by atoms with E-state index in [1.54, 1.807) is 0 Å². The fourth-order valence-electron chi connectivity index (χ4n) is 1.29. The molecule has 0 aliphatic heterocycles. The molecule has 10 heteroatoms. The average molecular weight is 294 g/mol. The van der Waals surface area contributed by atoms with Gasteiger partial charge in [0.1, 0.15) is 0 Å². The van der Waals surface area contributed by atoms with Crippen molar-refractivity contribution in [3.63, 3.8) is 0 Å². The quantitative estimate of drug-likeness (QED) is 0.390. The van der Waals surface area contributed by atoms with Gasteiger partial charge in [-0.25, -0.2) is 13.1 Å². The van der Waals surface area contributed by atoms with Gasteiger partial charge in [0.25, 0.3) is 0 Å². The first-order valence-electron chi connectivity index (χ1n) is 4.96. The number of sulfonamides is 1. The third kappa shape index (κ3) is 4.12. The van der Waals surface area contributed by atoms with Gasteiger partial charge in [-0.3, -0.25) is 0 Å². The van der Waals surface area contributed by atoms with Crippen LogP contribution in [0.2, 0.25) is 0 Å². The summed E-state index contributed by atoms with van der Waals surface area (Å²) in [7, 11) is -4.31. The molecule has 0 aliphatic rings. The molecule has 104 valence electrons. The van der Waals surface area contributed by atoms with Crippen molar-refractivity contribution in [2.45, 2.75) is 11.1 Å². The molecule has 0 heterocycles. The third-order valence-corrected chi connectivity index (χ3v) is 3.57. The molecule has 19 heavy (non-hydrogen) atoms. The summed E-state index contributed by atoms with van der Waals surface area (Å²) in [4.78, 5) is 1.54. The normalized spacial score (nSPS) is 11.9. The molecule has 0 fully saturated rings. The molecule has 0 aliphatic carbocycles. The van der Waals surface area contributed by atoms with Crippen molar-refractivity contribution < 1.29 is 21.6 Å². The molecule has 0 unspecified atom stereocenters. The second kappa shape index (κ2) is 5.91.